The van der Waals surface area contributed by atoms with Crippen LogP contribution >= 0.6 is 11.8 Å². The highest BCUT2D eigenvalue weighted by molar-refractivity contribution is 7.99. The number of rotatable bonds is 5. The van der Waals surface area contributed by atoms with Gasteiger partial charge in [-0.05, 0) is 38.3 Å². The third kappa shape index (κ3) is 4.33. The molecule has 0 fully saturated rings. The first-order valence-corrected chi connectivity index (χ1v) is 7.03. The van der Waals surface area contributed by atoms with Crippen molar-refractivity contribution >= 4 is 23.4 Å². The molecule has 3 nitrogen and oxygen atoms in total. The first-order chi connectivity index (χ1) is 9.07. The van der Waals surface area contributed by atoms with Crippen LogP contribution in [0.25, 0.3) is 0 Å². The summed E-state index contributed by atoms with van der Waals surface area (Å²) in [6.45, 7) is 4.39. The summed E-state index contributed by atoms with van der Waals surface area (Å²) >= 11 is 1.59. The van der Waals surface area contributed by atoms with E-state index < -0.39 is 23.3 Å². The van der Waals surface area contributed by atoms with Crippen LogP contribution in [0.3, 0.4) is 0 Å². The van der Waals surface area contributed by atoms with Gasteiger partial charge in [-0.2, -0.15) is 24.9 Å². The molecule has 0 unspecified atom stereocenters. The minimum absolute atomic E-state index is 0.135. The minimum atomic E-state index is -4.69. The highest BCUT2D eigenvalue weighted by atomic mass is 32.2. The maximum Gasteiger partial charge on any atom is 0.417 e. The second kappa shape index (κ2) is 5.95. The zero-order valence-corrected chi connectivity index (χ0v) is 12.2. The van der Waals surface area contributed by atoms with Crippen molar-refractivity contribution in [2.75, 3.05) is 18.1 Å². The second-order valence-corrected chi connectivity index (χ2v) is 6.39. The molecule has 7 heteroatoms. The first kappa shape index (κ1) is 16.7. The standard InChI is InChI=1S/C13H16F3NO2S/c1-12(2,20-3)7-17-8-4-5-9(11(18)19)10(6-8)13(14,15)16/h4-6,17H,7H2,1-3H3,(H,18,19). The van der Waals surface area contributed by atoms with E-state index in [0.717, 1.165) is 12.1 Å². The molecule has 0 saturated heterocycles. The number of carbonyl (C=O) groups is 1. The van der Waals surface area contributed by atoms with Crippen molar-refractivity contribution in [1.82, 2.24) is 0 Å². The van der Waals surface area contributed by atoms with Gasteiger partial charge in [-0.25, -0.2) is 4.79 Å². The number of hydrogen-bond acceptors (Lipinski definition) is 3. The van der Waals surface area contributed by atoms with E-state index in [1.54, 1.807) is 11.8 Å². The molecule has 20 heavy (non-hydrogen) atoms. The number of carboxylic acids is 1. The van der Waals surface area contributed by atoms with E-state index in [-0.39, 0.29) is 10.4 Å². The van der Waals surface area contributed by atoms with Crippen LogP contribution in [0.2, 0.25) is 0 Å². The van der Waals surface area contributed by atoms with Crippen LogP contribution in [-0.4, -0.2) is 28.6 Å². The summed E-state index contributed by atoms with van der Waals surface area (Å²) in [4.78, 5) is 10.8. The zero-order chi connectivity index (χ0) is 15.6. The lowest BCUT2D eigenvalue weighted by molar-refractivity contribution is -0.138. The molecule has 0 atom stereocenters. The van der Waals surface area contributed by atoms with Crippen molar-refractivity contribution in [1.29, 1.82) is 0 Å². The summed E-state index contributed by atoms with van der Waals surface area (Å²) in [5.74, 6) is -1.59. The number of halogens is 3. The van der Waals surface area contributed by atoms with Crippen molar-refractivity contribution in [2.45, 2.75) is 24.8 Å². The van der Waals surface area contributed by atoms with Crippen LogP contribution < -0.4 is 5.32 Å². The Bertz CT molecular complexity index is 501. The third-order valence-electron chi connectivity index (χ3n) is 2.83. The van der Waals surface area contributed by atoms with Crippen molar-refractivity contribution < 1.29 is 23.1 Å². The fourth-order valence-electron chi connectivity index (χ4n) is 1.46. The van der Waals surface area contributed by atoms with Gasteiger partial charge >= 0.3 is 12.1 Å². The van der Waals surface area contributed by atoms with E-state index >= 15 is 0 Å². The van der Waals surface area contributed by atoms with E-state index in [1.165, 1.54) is 6.07 Å². The van der Waals surface area contributed by atoms with Crippen LogP contribution in [0.1, 0.15) is 29.8 Å². The highest BCUT2D eigenvalue weighted by Gasteiger charge is 2.35. The molecule has 0 aliphatic carbocycles. The van der Waals surface area contributed by atoms with Crippen molar-refractivity contribution in [3.63, 3.8) is 0 Å². The highest BCUT2D eigenvalue weighted by Crippen LogP contribution is 2.34. The van der Waals surface area contributed by atoms with E-state index in [0.29, 0.717) is 6.54 Å². The molecule has 0 amide bonds. The average molecular weight is 307 g/mol. The fraction of sp³-hybridized carbons (Fsp3) is 0.462. The lowest BCUT2D eigenvalue weighted by atomic mass is 10.1. The number of benzene rings is 1. The predicted molar refractivity (Wildman–Crippen MR) is 74.5 cm³/mol. The van der Waals surface area contributed by atoms with Gasteiger partial charge in [-0.1, -0.05) is 0 Å². The molecular formula is C13H16F3NO2S. The maximum atomic E-state index is 12.8. The summed E-state index contributed by atoms with van der Waals surface area (Å²) in [6, 6.07) is 3.15. The molecule has 0 radical (unpaired) electrons. The molecule has 0 spiro atoms. The molecule has 2 N–H and O–H groups in total. The third-order valence-corrected chi connectivity index (χ3v) is 4.08. The van der Waals surface area contributed by atoms with Gasteiger partial charge in [0.2, 0.25) is 0 Å². The Balaban J connectivity index is 3.05. The van der Waals surface area contributed by atoms with E-state index in [2.05, 4.69) is 5.32 Å². The smallest absolute Gasteiger partial charge is 0.417 e. The van der Waals surface area contributed by atoms with Crippen LogP contribution in [0, 0.1) is 0 Å². The number of alkyl halides is 3. The fourth-order valence-corrected chi connectivity index (χ4v) is 1.68. The number of thioether (sulfide) groups is 1. The minimum Gasteiger partial charge on any atom is -0.478 e. The van der Waals surface area contributed by atoms with Crippen molar-refractivity contribution in [3.05, 3.63) is 29.3 Å². The van der Waals surface area contributed by atoms with Gasteiger partial charge in [0.15, 0.2) is 0 Å². The zero-order valence-electron chi connectivity index (χ0n) is 11.3. The summed E-state index contributed by atoms with van der Waals surface area (Å²) in [5, 5.41) is 11.7. The van der Waals surface area contributed by atoms with Crippen LogP contribution in [0.5, 0.6) is 0 Å². The lowest BCUT2D eigenvalue weighted by Gasteiger charge is -2.23. The molecule has 1 aromatic rings. The summed E-state index contributed by atoms with van der Waals surface area (Å²) in [5.41, 5.74) is -1.63. The second-order valence-electron chi connectivity index (χ2n) is 4.88. The molecule has 1 aromatic carbocycles. The molecule has 0 aliphatic heterocycles. The Morgan fingerprint density at radius 1 is 1.35 bits per heavy atom. The van der Waals surface area contributed by atoms with E-state index in [4.69, 9.17) is 5.11 Å². The van der Waals surface area contributed by atoms with Crippen molar-refractivity contribution in [2.24, 2.45) is 0 Å². The van der Waals surface area contributed by atoms with Gasteiger partial charge in [0.1, 0.15) is 0 Å². The summed E-state index contributed by atoms with van der Waals surface area (Å²) in [7, 11) is 0. The predicted octanol–water partition coefficient (Wildman–Crippen LogP) is 3.96. The Hall–Kier alpha value is -1.37. The number of carboxylic acid groups (broad SMARTS) is 1. The monoisotopic (exact) mass is 307 g/mol. The van der Waals surface area contributed by atoms with Gasteiger partial charge in [-0.15, -0.1) is 0 Å². The van der Waals surface area contributed by atoms with Crippen LogP contribution in [-0.2, 0) is 6.18 Å². The topological polar surface area (TPSA) is 49.3 Å². The van der Waals surface area contributed by atoms with Gasteiger partial charge in [0, 0.05) is 17.0 Å². The van der Waals surface area contributed by atoms with Crippen molar-refractivity contribution in [3.8, 4) is 0 Å². The number of nitrogens with one attached hydrogen (secondary N) is 1. The number of aromatic carboxylic acids is 1. The summed E-state index contributed by atoms with van der Waals surface area (Å²) in [6.07, 6.45) is -2.78. The Kier molecular flexibility index (Phi) is 4.96. The van der Waals surface area contributed by atoms with Gasteiger partial charge in [-0.3, -0.25) is 0 Å². The SMILES string of the molecule is CSC(C)(C)CNc1ccc(C(=O)O)c(C(F)(F)F)c1. The van der Waals surface area contributed by atoms with Crippen LogP contribution in [0.4, 0.5) is 18.9 Å². The van der Waals surface area contributed by atoms with Gasteiger partial charge in [0.25, 0.3) is 0 Å². The Morgan fingerprint density at radius 3 is 2.40 bits per heavy atom. The summed E-state index contributed by atoms with van der Waals surface area (Å²) < 4.78 is 38.4. The maximum absolute atomic E-state index is 12.8. The Labute approximate surface area is 119 Å². The molecule has 0 bridgehead atoms. The Morgan fingerprint density at radius 2 is 1.95 bits per heavy atom. The number of anilines is 1. The average Bonchev–Trinajstić information content (AvgIpc) is 2.35. The molecule has 0 heterocycles. The molecule has 112 valence electrons. The van der Waals surface area contributed by atoms with Gasteiger partial charge in [0.05, 0.1) is 11.1 Å². The molecule has 0 aromatic heterocycles. The molecule has 0 saturated carbocycles. The van der Waals surface area contributed by atoms with Gasteiger partial charge < -0.3 is 10.4 Å². The quantitative estimate of drug-likeness (QED) is 0.864. The van der Waals surface area contributed by atoms with E-state index in [9.17, 15) is 18.0 Å². The number of hydrogen-bond donors (Lipinski definition) is 2. The molecule has 0 aliphatic rings. The molecule has 1 rings (SSSR count). The van der Waals surface area contributed by atoms with Crippen LogP contribution in [0.15, 0.2) is 18.2 Å². The normalized spacial score (nSPS) is 12.3. The first-order valence-electron chi connectivity index (χ1n) is 5.80. The lowest BCUT2D eigenvalue weighted by Crippen LogP contribution is -2.26. The molecular weight excluding hydrogens is 291 g/mol. The largest absolute Gasteiger partial charge is 0.478 e. The van der Waals surface area contributed by atoms with E-state index in [1.807, 2.05) is 20.1 Å².